The van der Waals surface area contributed by atoms with Crippen molar-refractivity contribution in [2.24, 2.45) is 0 Å². The van der Waals surface area contributed by atoms with Crippen LogP contribution in [0.3, 0.4) is 0 Å². The molecule has 0 saturated heterocycles. The van der Waals surface area contributed by atoms with Crippen molar-refractivity contribution in [2.75, 3.05) is 11.1 Å². The molecular weight excluding hydrogens is 354 g/mol. The molecule has 2 aromatic rings. The maximum absolute atomic E-state index is 13.7. The molecule has 0 saturated carbocycles. The lowest BCUT2D eigenvalue weighted by atomic mass is 10.1. The van der Waals surface area contributed by atoms with Crippen LogP contribution in [0.2, 0.25) is 5.02 Å². The Kier molecular flexibility index (Phi) is 4.25. The third-order valence-electron chi connectivity index (χ3n) is 2.53. The van der Waals surface area contributed by atoms with E-state index < -0.39 is 23.1 Å². The minimum Gasteiger partial charge on any atom is -0.396 e. The number of anilines is 2. The molecule has 2 aromatic carbocycles. The van der Waals surface area contributed by atoms with Gasteiger partial charge < -0.3 is 11.1 Å². The lowest BCUT2D eigenvalue weighted by Gasteiger charge is -2.10. The number of nitrogens with one attached hydrogen (secondary N) is 1. The first-order valence-electron chi connectivity index (χ1n) is 5.40. The molecule has 0 aliphatic heterocycles. The van der Waals surface area contributed by atoms with Gasteiger partial charge in [0, 0.05) is 9.50 Å². The Morgan fingerprint density at radius 1 is 1.25 bits per heavy atom. The highest BCUT2D eigenvalue weighted by Crippen LogP contribution is 2.27. The summed E-state index contributed by atoms with van der Waals surface area (Å²) >= 11 is 8.95. The summed E-state index contributed by atoms with van der Waals surface area (Å²) in [7, 11) is 0. The van der Waals surface area contributed by atoms with Crippen molar-refractivity contribution in [3.8, 4) is 0 Å². The first-order valence-corrected chi connectivity index (χ1v) is 6.57. The van der Waals surface area contributed by atoms with Crippen LogP contribution in [0.5, 0.6) is 0 Å². The Morgan fingerprint density at radius 2 is 1.95 bits per heavy atom. The van der Waals surface area contributed by atoms with E-state index >= 15 is 0 Å². The summed E-state index contributed by atoms with van der Waals surface area (Å²) in [6.07, 6.45) is 0. The monoisotopic (exact) mass is 360 g/mol. The molecule has 0 aromatic heterocycles. The number of rotatable bonds is 2. The van der Waals surface area contributed by atoms with Crippen molar-refractivity contribution in [1.29, 1.82) is 0 Å². The minimum atomic E-state index is -1.09. The van der Waals surface area contributed by atoms with E-state index in [4.69, 9.17) is 17.3 Å². The Hall–Kier alpha value is -1.66. The van der Waals surface area contributed by atoms with Crippen molar-refractivity contribution in [1.82, 2.24) is 0 Å². The number of nitrogens with two attached hydrogens (primary N) is 1. The molecule has 3 N–H and O–H groups in total. The average molecular weight is 362 g/mol. The second-order valence-corrected chi connectivity index (χ2v) is 5.19. The normalized spacial score (nSPS) is 10.4. The Balaban J connectivity index is 2.36. The molecule has 0 fully saturated rings. The number of halogens is 4. The van der Waals surface area contributed by atoms with Crippen LogP contribution < -0.4 is 11.1 Å². The summed E-state index contributed by atoms with van der Waals surface area (Å²) in [4.78, 5) is 11.9. The Bertz CT molecular complexity index is 694. The summed E-state index contributed by atoms with van der Waals surface area (Å²) in [5.74, 6) is -3.01. The fourth-order valence-corrected chi connectivity index (χ4v) is 2.33. The number of benzene rings is 2. The zero-order valence-electron chi connectivity index (χ0n) is 9.88. The van der Waals surface area contributed by atoms with Crippen molar-refractivity contribution < 1.29 is 13.6 Å². The minimum absolute atomic E-state index is 0.299. The highest BCUT2D eigenvalue weighted by atomic mass is 79.9. The number of amides is 1. The zero-order valence-corrected chi connectivity index (χ0v) is 12.2. The molecule has 20 heavy (non-hydrogen) atoms. The van der Waals surface area contributed by atoms with E-state index in [-0.39, 0.29) is 5.69 Å². The first kappa shape index (κ1) is 14.7. The third kappa shape index (κ3) is 2.91. The molecule has 104 valence electrons. The highest BCUT2D eigenvalue weighted by Gasteiger charge is 2.20. The number of hydrogen-bond acceptors (Lipinski definition) is 2. The Labute approximate surface area is 126 Å². The van der Waals surface area contributed by atoms with Gasteiger partial charge in [0.15, 0.2) is 5.82 Å². The highest BCUT2D eigenvalue weighted by molar-refractivity contribution is 9.10. The molecule has 3 nitrogen and oxygen atoms in total. The van der Waals surface area contributed by atoms with Gasteiger partial charge in [-0.15, -0.1) is 0 Å². The van der Waals surface area contributed by atoms with Crippen molar-refractivity contribution >= 4 is 44.8 Å². The quantitative estimate of drug-likeness (QED) is 0.787. The number of hydrogen-bond donors (Lipinski definition) is 2. The maximum Gasteiger partial charge on any atom is 0.261 e. The molecular formula is C13H8BrClF2N2O. The summed E-state index contributed by atoms with van der Waals surface area (Å²) in [5.41, 5.74) is 4.63. The third-order valence-corrected chi connectivity index (χ3v) is 3.42. The molecule has 7 heteroatoms. The summed E-state index contributed by atoms with van der Waals surface area (Å²) < 4.78 is 27.8. The molecule has 0 unspecified atom stereocenters. The van der Waals surface area contributed by atoms with Crippen LogP contribution in [-0.2, 0) is 0 Å². The molecule has 1 amide bonds. The summed E-state index contributed by atoms with van der Waals surface area (Å²) in [5, 5.41) is 2.84. The lowest BCUT2D eigenvalue weighted by Crippen LogP contribution is -2.17. The standard InChI is InChI=1S/C13H8BrClF2N2O/c14-7-5-6(15)1-4-10(7)19-13(20)11-8(16)2-3-9(18)12(11)17/h1-5H,18H2,(H,19,20). The van der Waals surface area contributed by atoms with E-state index in [0.717, 1.165) is 12.1 Å². The van der Waals surface area contributed by atoms with Gasteiger partial charge in [0.1, 0.15) is 11.4 Å². The van der Waals surface area contributed by atoms with Gasteiger partial charge in [-0.1, -0.05) is 11.6 Å². The number of nitrogen functional groups attached to an aromatic ring is 1. The molecule has 2 rings (SSSR count). The van der Waals surface area contributed by atoms with Gasteiger partial charge in [-0.25, -0.2) is 8.78 Å². The van der Waals surface area contributed by atoms with Crippen molar-refractivity contribution in [2.45, 2.75) is 0 Å². The van der Waals surface area contributed by atoms with Gasteiger partial charge in [-0.3, -0.25) is 4.79 Å². The molecule has 0 heterocycles. The van der Waals surface area contributed by atoms with E-state index in [1.54, 1.807) is 6.07 Å². The molecule has 0 bridgehead atoms. The van der Waals surface area contributed by atoms with Crippen LogP contribution in [0.1, 0.15) is 10.4 Å². The largest absolute Gasteiger partial charge is 0.396 e. The van der Waals surface area contributed by atoms with Crippen LogP contribution in [0.15, 0.2) is 34.8 Å². The summed E-state index contributed by atoms with van der Waals surface area (Å²) in [6.45, 7) is 0. The number of carbonyl (C=O) groups excluding carboxylic acids is 1. The van der Waals surface area contributed by atoms with Gasteiger partial charge >= 0.3 is 0 Å². The van der Waals surface area contributed by atoms with E-state index in [0.29, 0.717) is 15.2 Å². The van der Waals surface area contributed by atoms with Gasteiger partial charge in [0.05, 0.1) is 11.4 Å². The van der Waals surface area contributed by atoms with E-state index in [2.05, 4.69) is 21.2 Å². The zero-order chi connectivity index (χ0) is 14.9. The second-order valence-electron chi connectivity index (χ2n) is 3.90. The van der Waals surface area contributed by atoms with Gasteiger partial charge in [-0.2, -0.15) is 0 Å². The number of carbonyl (C=O) groups is 1. The average Bonchev–Trinajstić information content (AvgIpc) is 2.38. The summed E-state index contributed by atoms with van der Waals surface area (Å²) in [6, 6.07) is 6.58. The van der Waals surface area contributed by atoms with Crippen molar-refractivity contribution in [3.63, 3.8) is 0 Å². The van der Waals surface area contributed by atoms with Gasteiger partial charge in [-0.05, 0) is 46.3 Å². The molecule has 0 aliphatic carbocycles. The van der Waals surface area contributed by atoms with Crippen LogP contribution in [0, 0.1) is 11.6 Å². The van der Waals surface area contributed by atoms with E-state index in [1.165, 1.54) is 12.1 Å². The smallest absolute Gasteiger partial charge is 0.261 e. The van der Waals surface area contributed by atoms with Crippen molar-refractivity contribution in [3.05, 3.63) is 57.0 Å². The second kappa shape index (κ2) is 5.76. The maximum atomic E-state index is 13.7. The Morgan fingerprint density at radius 3 is 2.60 bits per heavy atom. The first-order chi connectivity index (χ1) is 9.40. The molecule has 0 aliphatic rings. The molecule has 0 spiro atoms. The van der Waals surface area contributed by atoms with Crippen LogP contribution >= 0.6 is 27.5 Å². The predicted octanol–water partition coefficient (Wildman–Crippen LogP) is 4.22. The molecule has 0 radical (unpaired) electrons. The fraction of sp³-hybridized carbons (Fsp3) is 0. The fourth-order valence-electron chi connectivity index (χ4n) is 1.55. The van der Waals surface area contributed by atoms with Gasteiger partial charge in [0.2, 0.25) is 0 Å². The molecule has 0 atom stereocenters. The SMILES string of the molecule is Nc1ccc(F)c(C(=O)Nc2ccc(Cl)cc2Br)c1F. The predicted molar refractivity (Wildman–Crippen MR) is 77.9 cm³/mol. The van der Waals surface area contributed by atoms with Gasteiger partial charge in [0.25, 0.3) is 5.91 Å². The lowest BCUT2D eigenvalue weighted by molar-refractivity contribution is 0.101. The topological polar surface area (TPSA) is 55.1 Å². The van der Waals surface area contributed by atoms with Crippen LogP contribution in [0.25, 0.3) is 0 Å². The van der Waals surface area contributed by atoms with E-state index in [9.17, 15) is 13.6 Å². The van der Waals surface area contributed by atoms with E-state index in [1.807, 2.05) is 0 Å². The van der Waals surface area contributed by atoms with Crippen LogP contribution in [-0.4, -0.2) is 5.91 Å². The van der Waals surface area contributed by atoms with Crippen LogP contribution in [0.4, 0.5) is 20.2 Å².